The van der Waals surface area contributed by atoms with Crippen molar-refractivity contribution >= 4 is 49.3 Å². The van der Waals surface area contributed by atoms with Crippen molar-refractivity contribution in [3.8, 4) is 0 Å². The number of imidazole rings is 1. The number of nitrogen functional groups attached to an aromatic ring is 2. The number of H-pyrrole nitrogens is 1. The Morgan fingerprint density at radius 2 is 1.91 bits per heavy atom. The Hall–Kier alpha value is -2.69. The van der Waals surface area contributed by atoms with Gasteiger partial charge in [0.05, 0.1) is 25.6 Å². The largest absolute Gasteiger partial charge is 0.780 e. The van der Waals surface area contributed by atoms with E-state index >= 15 is 0 Å². The predicted octanol–water partition coefficient (Wildman–Crippen LogP) is -2.80. The van der Waals surface area contributed by atoms with Crippen molar-refractivity contribution in [2.45, 2.75) is 49.4 Å². The maximum atomic E-state index is 13.3. The molecule has 5 heterocycles. The first-order valence-corrected chi connectivity index (χ1v) is 16.7. The van der Waals surface area contributed by atoms with Gasteiger partial charge in [-0.25, -0.2) is 14.3 Å². The Morgan fingerprint density at radius 3 is 2.59 bits per heavy atom. The summed E-state index contributed by atoms with van der Waals surface area (Å²) < 4.78 is 46.4. The molecule has 24 heteroatoms. The van der Waals surface area contributed by atoms with Gasteiger partial charge in [0.2, 0.25) is 5.95 Å². The second-order valence-corrected chi connectivity index (χ2v) is 13.6. The van der Waals surface area contributed by atoms with Crippen LogP contribution in [-0.4, -0.2) is 94.8 Å². The van der Waals surface area contributed by atoms with Gasteiger partial charge in [-0.3, -0.25) is 23.4 Å². The first-order chi connectivity index (χ1) is 20.7. The summed E-state index contributed by atoms with van der Waals surface area (Å²) in [5.41, 5.74) is 9.65. The summed E-state index contributed by atoms with van der Waals surface area (Å²) in [6.45, 7) is -5.65. The molecule has 8 N–H and O–H groups in total. The van der Waals surface area contributed by atoms with Gasteiger partial charge in [0.1, 0.15) is 37.0 Å². The summed E-state index contributed by atoms with van der Waals surface area (Å²) in [5, 5.41) is 10.4. The SMILES string of the molecule is CO[C@@H]1[C@H](OP([O-])(=S)OC[C@@H]2C[C@@H](O)[C@H](n3ccc(N)nc3=O)O2)[C@@H](COP(=O)(O)O)O[C@H]1n1cnc2c(=O)[nH]c(N)nc21. The van der Waals surface area contributed by atoms with E-state index in [9.17, 15) is 33.9 Å². The second-order valence-electron chi connectivity index (χ2n) is 9.63. The standard InChI is InChI=1S/C20H28N8O13P2S/c1-36-14-13(41-43(35,44)38-5-8-4-9(29)17(39-8)27-3-2-11(21)24-20(27)31)10(6-37-42(32,33)34)40-18(14)28-7-23-12-15(28)25-19(22)26-16(12)30/h2-3,7-10,13-14,17-18,29H,4-6H2,1H3,(H,35,44)(H2,21,24,31)(H2,32,33,34)(H3,22,25,26,30)/p-1/t8-,9+,10+,13+,14+,17+,18+,43?/m0/s1. The number of hydrogen-bond acceptors (Lipinski definition) is 17. The predicted molar refractivity (Wildman–Crippen MR) is 148 cm³/mol. The van der Waals surface area contributed by atoms with E-state index in [4.69, 9.17) is 46.5 Å². The van der Waals surface area contributed by atoms with Gasteiger partial charge in [0.15, 0.2) is 23.6 Å². The third-order valence-corrected chi connectivity index (χ3v) is 8.68. The molecule has 8 atom stereocenters. The highest BCUT2D eigenvalue weighted by molar-refractivity contribution is 8.06. The van der Waals surface area contributed by atoms with Crippen molar-refractivity contribution in [1.82, 2.24) is 29.1 Å². The molecule has 0 bridgehead atoms. The molecule has 2 aliphatic rings. The van der Waals surface area contributed by atoms with E-state index in [-0.39, 0.29) is 29.4 Å². The number of ether oxygens (including phenoxy) is 3. The number of nitrogens with two attached hydrogens (primary N) is 2. The Morgan fingerprint density at radius 1 is 1.16 bits per heavy atom. The fourth-order valence-electron chi connectivity index (χ4n) is 4.80. The van der Waals surface area contributed by atoms with Crippen LogP contribution in [0.1, 0.15) is 18.9 Å². The Balaban J connectivity index is 1.33. The van der Waals surface area contributed by atoms with E-state index in [1.807, 2.05) is 0 Å². The zero-order chi connectivity index (χ0) is 32.0. The van der Waals surface area contributed by atoms with Crippen LogP contribution in [0.25, 0.3) is 11.2 Å². The second kappa shape index (κ2) is 12.6. The monoisotopic (exact) mass is 681 g/mol. The number of methoxy groups -OCH3 is 1. The Labute approximate surface area is 251 Å². The highest BCUT2D eigenvalue weighted by atomic mass is 32.5. The number of nitrogens with one attached hydrogen (secondary N) is 1. The van der Waals surface area contributed by atoms with Crippen molar-refractivity contribution in [1.29, 1.82) is 0 Å². The minimum atomic E-state index is -5.00. The fraction of sp³-hybridized carbons (Fsp3) is 0.550. The normalized spacial score (nSPS) is 28.9. The smallest absolute Gasteiger partial charge is 0.469 e. The van der Waals surface area contributed by atoms with Crippen molar-refractivity contribution < 1.29 is 52.1 Å². The van der Waals surface area contributed by atoms with Crippen LogP contribution >= 0.6 is 14.5 Å². The molecule has 0 aromatic carbocycles. The molecule has 2 aliphatic heterocycles. The van der Waals surface area contributed by atoms with Gasteiger partial charge in [-0.1, -0.05) is 11.8 Å². The number of rotatable bonds is 11. The molecule has 3 aromatic rings. The van der Waals surface area contributed by atoms with Gasteiger partial charge >= 0.3 is 13.5 Å². The van der Waals surface area contributed by atoms with Crippen molar-refractivity contribution in [3.05, 3.63) is 39.4 Å². The molecular weight excluding hydrogens is 654 g/mol. The van der Waals surface area contributed by atoms with E-state index in [1.165, 1.54) is 30.3 Å². The molecule has 0 aliphatic carbocycles. The molecule has 3 aromatic heterocycles. The highest BCUT2D eigenvalue weighted by Crippen LogP contribution is 2.48. The van der Waals surface area contributed by atoms with Crippen molar-refractivity contribution in [2.75, 3.05) is 31.8 Å². The van der Waals surface area contributed by atoms with E-state index < -0.39 is 82.0 Å². The number of hydrogen-bond donors (Lipinski definition) is 6. The lowest BCUT2D eigenvalue weighted by Gasteiger charge is -2.34. The minimum absolute atomic E-state index is 0.0184. The first-order valence-electron chi connectivity index (χ1n) is 12.6. The van der Waals surface area contributed by atoms with E-state index in [1.54, 1.807) is 0 Å². The lowest BCUT2D eigenvalue weighted by Crippen LogP contribution is -2.38. The van der Waals surface area contributed by atoms with Gasteiger partial charge in [-0.05, 0) is 6.07 Å². The molecule has 2 saturated heterocycles. The molecule has 5 rings (SSSR count). The molecule has 242 valence electrons. The van der Waals surface area contributed by atoms with Crippen LogP contribution in [0.3, 0.4) is 0 Å². The van der Waals surface area contributed by atoms with E-state index in [0.29, 0.717) is 0 Å². The average Bonchev–Trinajstić information content (AvgIpc) is 3.60. The fourth-order valence-corrected chi connectivity index (χ4v) is 6.59. The topological polar surface area (TPSA) is 307 Å². The summed E-state index contributed by atoms with van der Waals surface area (Å²) in [6.07, 6.45) is -5.90. The highest BCUT2D eigenvalue weighted by Gasteiger charge is 2.49. The van der Waals surface area contributed by atoms with Crippen LogP contribution in [0, 0.1) is 0 Å². The number of aromatic nitrogens is 6. The number of aliphatic hydroxyl groups is 1. The van der Waals surface area contributed by atoms with Crippen LogP contribution < -0.4 is 27.6 Å². The Kier molecular flexibility index (Phi) is 9.36. The zero-order valence-corrected chi connectivity index (χ0v) is 25.1. The van der Waals surface area contributed by atoms with Gasteiger partial charge in [0, 0.05) is 19.7 Å². The third kappa shape index (κ3) is 7.07. The van der Waals surface area contributed by atoms with Gasteiger partial charge in [-0.15, -0.1) is 0 Å². The molecule has 1 unspecified atom stereocenters. The number of phosphoric acid groups is 1. The maximum absolute atomic E-state index is 13.3. The van der Waals surface area contributed by atoms with Crippen LogP contribution in [0.4, 0.5) is 11.8 Å². The molecule has 0 radical (unpaired) electrons. The molecule has 44 heavy (non-hydrogen) atoms. The lowest BCUT2D eigenvalue weighted by atomic mass is 10.1. The van der Waals surface area contributed by atoms with Crippen molar-refractivity contribution in [2.24, 2.45) is 0 Å². The third-order valence-electron chi connectivity index (χ3n) is 6.65. The average molecular weight is 681 g/mol. The lowest BCUT2D eigenvalue weighted by molar-refractivity contribution is -0.217. The van der Waals surface area contributed by atoms with Crippen LogP contribution in [-0.2, 0) is 44.2 Å². The number of aliphatic hydroxyl groups excluding tert-OH is 1. The molecular formula is C20H27N8O13P2S-. The van der Waals surface area contributed by atoms with Gasteiger partial charge < -0.3 is 54.5 Å². The summed E-state index contributed by atoms with van der Waals surface area (Å²) >= 11 is 5.08. The van der Waals surface area contributed by atoms with Crippen LogP contribution in [0.5, 0.6) is 0 Å². The van der Waals surface area contributed by atoms with Gasteiger partial charge in [-0.2, -0.15) is 9.97 Å². The maximum Gasteiger partial charge on any atom is 0.469 e. The molecule has 0 saturated carbocycles. The Bertz CT molecular complexity index is 1730. The quantitative estimate of drug-likeness (QED) is 0.111. The zero-order valence-electron chi connectivity index (χ0n) is 22.5. The number of phosphoric ester groups is 1. The molecule has 21 nitrogen and oxygen atoms in total. The summed E-state index contributed by atoms with van der Waals surface area (Å²) in [6, 6.07) is 1.35. The molecule has 0 amide bonds. The summed E-state index contributed by atoms with van der Waals surface area (Å²) in [5.74, 6) is -0.247. The number of aromatic amines is 1. The van der Waals surface area contributed by atoms with E-state index in [2.05, 4.69) is 24.5 Å². The van der Waals surface area contributed by atoms with E-state index in [0.717, 1.165) is 4.57 Å². The van der Waals surface area contributed by atoms with Gasteiger partial charge in [0.25, 0.3) is 5.56 Å². The minimum Gasteiger partial charge on any atom is -0.780 e. The van der Waals surface area contributed by atoms with Crippen LogP contribution in [0.2, 0.25) is 0 Å². The summed E-state index contributed by atoms with van der Waals surface area (Å²) in [7, 11) is -3.75. The number of nitrogens with zero attached hydrogens (tertiary/aromatic N) is 5. The number of fused-ring (bicyclic) bond motifs is 1. The molecule has 0 spiro atoms. The van der Waals surface area contributed by atoms with Crippen molar-refractivity contribution in [3.63, 3.8) is 0 Å². The first kappa shape index (κ1) is 32.7. The molecule has 2 fully saturated rings. The number of anilines is 2. The summed E-state index contributed by atoms with van der Waals surface area (Å²) in [4.78, 5) is 70.2. The van der Waals surface area contributed by atoms with Crippen LogP contribution in [0.15, 0.2) is 28.2 Å².